The van der Waals surface area contributed by atoms with Crippen LogP contribution in [-0.4, -0.2) is 44.7 Å². The predicted octanol–water partition coefficient (Wildman–Crippen LogP) is 0.803. The molecule has 0 saturated carbocycles. The molecule has 8 nitrogen and oxygen atoms in total. The van der Waals surface area contributed by atoms with Crippen LogP contribution in [0.1, 0.15) is 12.1 Å². The second kappa shape index (κ2) is 7.74. The molecule has 1 aromatic rings. The van der Waals surface area contributed by atoms with Crippen molar-refractivity contribution in [2.75, 3.05) is 35.7 Å². The number of aliphatic hydroxyl groups is 1. The van der Waals surface area contributed by atoms with Crippen molar-refractivity contribution < 1.29 is 10.0 Å². The zero-order chi connectivity index (χ0) is 14.3. The van der Waals surface area contributed by atoms with E-state index in [1.54, 1.807) is 11.8 Å². The molecule has 0 unspecified atom stereocenters. The molecule has 0 aromatic carbocycles. The number of nitrogens with zero attached hydrogens (tertiary/aromatic N) is 3. The molecule has 0 aliphatic carbocycles. The third kappa shape index (κ3) is 4.87. The highest BCUT2D eigenvalue weighted by molar-refractivity contribution is 7.99. The first-order valence-electron chi connectivity index (χ1n) is 5.77. The maximum atomic E-state index is 10.9. The topological polar surface area (TPSA) is 127 Å². The van der Waals surface area contributed by atoms with Gasteiger partial charge in [-0.3, -0.25) is 10.1 Å². The summed E-state index contributed by atoms with van der Waals surface area (Å²) in [7, 11) is 0. The standard InChI is InChI=1S/C10H17N5O3S/c1-7-8(15(17)18)9(14-10(11)13-7)12-3-6-19-5-2-4-16/h16H,2-6H2,1H3,(H3,11,12,13,14). The molecule has 4 N–H and O–H groups in total. The van der Waals surface area contributed by atoms with Crippen LogP contribution >= 0.6 is 11.8 Å². The van der Waals surface area contributed by atoms with Crippen LogP contribution in [0.4, 0.5) is 17.5 Å². The van der Waals surface area contributed by atoms with E-state index in [2.05, 4.69) is 15.3 Å². The minimum atomic E-state index is -0.518. The molecular weight excluding hydrogens is 270 g/mol. The third-order valence-electron chi connectivity index (χ3n) is 2.24. The lowest BCUT2D eigenvalue weighted by Gasteiger charge is -2.07. The Bertz CT molecular complexity index is 443. The Morgan fingerprint density at radius 1 is 1.47 bits per heavy atom. The average molecular weight is 287 g/mol. The van der Waals surface area contributed by atoms with E-state index < -0.39 is 4.92 Å². The van der Waals surface area contributed by atoms with Crippen LogP contribution in [0.3, 0.4) is 0 Å². The molecule has 0 aliphatic heterocycles. The first kappa shape index (κ1) is 15.4. The minimum Gasteiger partial charge on any atom is -0.396 e. The summed E-state index contributed by atoms with van der Waals surface area (Å²) in [6.45, 7) is 2.23. The molecule has 0 atom stereocenters. The molecule has 1 heterocycles. The Morgan fingerprint density at radius 2 is 2.21 bits per heavy atom. The highest BCUT2D eigenvalue weighted by atomic mass is 32.2. The van der Waals surface area contributed by atoms with Gasteiger partial charge in [0, 0.05) is 18.9 Å². The largest absolute Gasteiger partial charge is 0.396 e. The Hall–Kier alpha value is -1.61. The summed E-state index contributed by atoms with van der Waals surface area (Å²) in [5.74, 6) is 1.78. The summed E-state index contributed by atoms with van der Waals surface area (Å²) in [5.41, 5.74) is 5.58. The number of aliphatic hydroxyl groups excluding tert-OH is 1. The summed E-state index contributed by atoms with van der Waals surface area (Å²) in [6, 6.07) is 0. The van der Waals surface area contributed by atoms with Gasteiger partial charge < -0.3 is 16.2 Å². The number of nitro groups is 1. The van der Waals surface area contributed by atoms with Gasteiger partial charge in [0.1, 0.15) is 5.69 Å². The van der Waals surface area contributed by atoms with Gasteiger partial charge in [0.05, 0.1) is 4.92 Å². The van der Waals surface area contributed by atoms with E-state index in [0.717, 1.165) is 17.9 Å². The van der Waals surface area contributed by atoms with Crippen molar-refractivity contribution in [1.29, 1.82) is 0 Å². The molecule has 0 fully saturated rings. The van der Waals surface area contributed by atoms with Crippen LogP contribution in [0.2, 0.25) is 0 Å². The zero-order valence-corrected chi connectivity index (χ0v) is 11.4. The van der Waals surface area contributed by atoms with Crippen molar-refractivity contribution in [3.05, 3.63) is 15.8 Å². The van der Waals surface area contributed by atoms with E-state index in [-0.39, 0.29) is 29.8 Å². The fraction of sp³-hybridized carbons (Fsp3) is 0.600. The second-order valence-corrected chi connectivity index (χ2v) is 4.96. The molecule has 19 heavy (non-hydrogen) atoms. The number of anilines is 2. The number of aryl methyl sites for hydroxylation is 1. The lowest BCUT2D eigenvalue weighted by atomic mass is 10.3. The molecule has 0 aliphatic rings. The summed E-state index contributed by atoms with van der Waals surface area (Å²) >= 11 is 1.65. The second-order valence-electron chi connectivity index (χ2n) is 3.74. The van der Waals surface area contributed by atoms with E-state index in [0.29, 0.717) is 6.54 Å². The number of nitrogens with two attached hydrogens (primary N) is 1. The van der Waals surface area contributed by atoms with E-state index in [1.807, 2.05) is 0 Å². The van der Waals surface area contributed by atoms with Crippen LogP contribution in [-0.2, 0) is 0 Å². The van der Waals surface area contributed by atoms with Crippen molar-refractivity contribution >= 4 is 29.2 Å². The summed E-state index contributed by atoms with van der Waals surface area (Å²) < 4.78 is 0. The first-order valence-corrected chi connectivity index (χ1v) is 6.92. The number of hydrogen-bond acceptors (Lipinski definition) is 8. The number of rotatable bonds is 8. The Kier molecular flexibility index (Phi) is 6.30. The smallest absolute Gasteiger partial charge is 0.332 e. The fourth-order valence-corrected chi connectivity index (χ4v) is 2.22. The number of nitrogen functional groups attached to an aromatic ring is 1. The van der Waals surface area contributed by atoms with Gasteiger partial charge in [-0.2, -0.15) is 16.7 Å². The summed E-state index contributed by atoms with van der Waals surface area (Å²) in [6.07, 6.45) is 0.740. The predicted molar refractivity (Wildman–Crippen MR) is 75.4 cm³/mol. The van der Waals surface area contributed by atoms with Crippen LogP contribution in [0.5, 0.6) is 0 Å². The van der Waals surface area contributed by atoms with E-state index >= 15 is 0 Å². The van der Waals surface area contributed by atoms with E-state index in [1.165, 1.54) is 6.92 Å². The highest BCUT2D eigenvalue weighted by Gasteiger charge is 2.20. The van der Waals surface area contributed by atoms with Crippen molar-refractivity contribution in [3.63, 3.8) is 0 Å². The SMILES string of the molecule is Cc1nc(N)nc(NCCSCCCO)c1[N+](=O)[O-]. The van der Waals surface area contributed by atoms with Crippen LogP contribution in [0.25, 0.3) is 0 Å². The Balaban J connectivity index is 2.59. The monoisotopic (exact) mass is 287 g/mol. The Labute approximate surface area is 115 Å². The number of aromatic nitrogens is 2. The molecule has 1 rings (SSSR count). The van der Waals surface area contributed by atoms with Crippen LogP contribution in [0, 0.1) is 17.0 Å². The normalized spacial score (nSPS) is 10.4. The third-order valence-corrected chi connectivity index (χ3v) is 3.31. The molecule has 0 saturated heterocycles. The number of thioether (sulfide) groups is 1. The Morgan fingerprint density at radius 3 is 2.84 bits per heavy atom. The summed E-state index contributed by atoms with van der Waals surface area (Å²) in [4.78, 5) is 18.1. The van der Waals surface area contributed by atoms with Gasteiger partial charge in [-0.15, -0.1) is 0 Å². The minimum absolute atomic E-state index is 0.0125. The van der Waals surface area contributed by atoms with Gasteiger partial charge in [0.15, 0.2) is 0 Å². The molecule has 9 heteroatoms. The molecule has 0 radical (unpaired) electrons. The maximum Gasteiger partial charge on any atom is 0.332 e. The number of hydrogen-bond donors (Lipinski definition) is 3. The summed E-state index contributed by atoms with van der Waals surface area (Å²) in [5, 5.41) is 22.5. The average Bonchev–Trinajstić information content (AvgIpc) is 2.32. The zero-order valence-electron chi connectivity index (χ0n) is 10.6. The van der Waals surface area contributed by atoms with Crippen molar-refractivity contribution in [2.24, 2.45) is 0 Å². The quantitative estimate of drug-likeness (QED) is 0.364. The lowest BCUT2D eigenvalue weighted by Crippen LogP contribution is -2.12. The maximum absolute atomic E-state index is 10.9. The molecule has 0 amide bonds. The molecular formula is C10H17N5O3S. The highest BCUT2D eigenvalue weighted by Crippen LogP contribution is 2.25. The van der Waals surface area contributed by atoms with Gasteiger partial charge in [-0.1, -0.05) is 0 Å². The molecule has 0 spiro atoms. The van der Waals surface area contributed by atoms with Crippen LogP contribution in [0.15, 0.2) is 0 Å². The van der Waals surface area contributed by atoms with Crippen LogP contribution < -0.4 is 11.1 Å². The molecule has 106 valence electrons. The van der Waals surface area contributed by atoms with Crippen molar-refractivity contribution in [3.8, 4) is 0 Å². The molecule has 0 bridgehead atoms. The van der Waals surface area contributed by atoms with Gasteiger partial charge in [0.2, 0.25) is 11.8 Å². The number of nitrogens with one attached hydrogen (secondary N) is 1. The van der Waals surface area contributed by atoms with E-state index in [9.17, 15) is 10.1 Å². The van der Waals surface area contributed by atoms with Gasteiger partial charge in [-0.05, 0) is 19.1 Å². The molecule has 1 aromatic heterocycles. The van der Waals surface area contributed by atoms with E-state index in [4.69, 9.17) is 10.8 Å². The van der Waals surface area contributed by atoms with Gasteiger partial charge >= 0.3 is 5.69 Å². The van der Waals surface area contributed by atoms with Gasteiger partial charge in [-0.25, -0.2) is 4.98 Å². The van der Waals surface area contributed by atoms with Gasteiger partial charge in [0.25, 0.3) is 0 Å². The van der Waals surface area contributed by atoms with Crippen molar-refractivity contribution in [2.45, 2.75) is 13.3 Å². The lowest BCUT2D eigenvalue weighted by molar-refractivity contribution is -0.385. The first-order chi connectivity index (χ1) is 9.06. The fourth-order valence-electron chi connectivity index (χ4n) is 1.44. The van der Waals surface area contributed by atoms with Crippen molar-refractivity contribution in [1.82, 2.24) is 9.97 Å².